The molecule has 0 atom stereocenters. The summed E-state index contributed by atoms with van der Waals surface area (Å²) in [6, 6.07) is 14.5. The maximum absolute atomic E-state index is 12.1. The van der Waals surface area contributed by atoms with E-state index in [-0.39, 0.29) is 11.5 Å². The summed E-state index contributed by atoms with van der Waals surface area (Å²) in [4.78, 5) is 12.1. The number of fused-ring (bicyclic) bond motifs is 1. The average Bonchev–Trinajstić information content (AvgIpc) is 2.90. The van der Waals surface area contributed by atoms with Gasteiger partial charge in [0.1, 0.15) is 17.1 Å². The second-order valence-electron chi connectivity index (χ2n) is 4.90. The van der Waals surface area contributed by atoms with Gasteiger partial charge in [-0.3, -0.25) is 4.79 Å². The van der Waals surface area contributed by atoms with Crippen LogP contribution in [0.15, 0.2) is 59.0 Å². The lowest BCUT2D eigenvalue weighted by atomic mass is 10.1. The van der Waals surface area contributed by atoms with E-state index in [4.69, 9.17) is 4.42 Å². The lowest BCUT2D eigenvalue weighted by molar-refractivity contribution is 0.104. The molecular formula is C18H14O3. The molecule has 1 heterocycles. The van der Waals surface area contributed by atoms with Gasteiger partial charge in [-0.15, -0.1) is 0 Å². The Kier molecular flexibility index (Phi) is 3.32. The van der Waals surface area contributed by atoms with Gasteiger partial charge in [0.25, 0.3) is 0 Å². The SMILES string of the molecule is Cc1ccc(O)c(C(=O)/C=C/c2cc3ccccc3o2)c1. The van der Waals surface area contributed by atoms with Crippen LogP contribution in [0.5, 0.6) is 5.75 Å². The molecule has 0 fully saturated rings. The minimum Gasteiger partial charge on any atom is -0.507 e. The first kappa shape index (κ1) is 13.2. The quantitative estimate of drug-likeness (QED) is 0.572. The van der Waals surface area contributed by atoms with E-state index in [2.05, 4.69) is 0 Å². The fraction of sp³-hybridized carbons (Fsp3) is 0.0556. The van der Waals surface area contributed by atoms with E-state index in [1.54, 1.807) is 18.2 Å². The first-order chi connectivity index (χ1) is 10.1. The molecule has 0 unspecified atom stereocenters. The number of carbonyl (C=O) groups excluding carboxylic acids is 1. The summed E-state index contributed by atoms with van der Waals surface area (Å²) in [5.74, 6) is 0.341. The third-order valence-electron chi connectivity index (χ3n) is 3.26. The Hall–Kier alpha value is -2.81. The topological polar surface area (TPSA) is 50.4 Å². The van der Waals surface area contributed by atoms with Crippen molar-refractivity contribution in [2.45, 2.75) is 6.92 Å². The highest BCUT2D eigenvalue weighted by molar-refractivity contribution is 6.08. The number of ketones is 1. The van der Waals surface area contributed by atoms with E-state index in [1.165, 1.54) is 12.1 Å². The van der Waals surface area contributed by atoms with E-state index >= 15 is 0 Å². The van der Waals surface area contributed by atoms with Crippen LogP contribution in [0, 0.1) is 6.92 Å². The molecule has 0 saturated heterocycles. The largest absolute Gasteiger partial charge is 0.507 e. The molecule has 0 amide bonds. The lowest BCUT2D eigenvalue weighted by Gasteiger charge is -2.01. The average molecular weight is 278 g/mol. The summed E-state index contributed by atoms with van der Waals surface area (Å²) < 4.78 is 5.61. The zero-order valence-corrected chi connectivity index (χ0v) is 11.5. The van der Waals surface area contributed by atoms with Crippen molar-refractivity contribution in [2.24, 2.45) is 0 Å². The second kappa shape index (κ2) is 5.29. The van der Waals surface area contributed by atoms with Gasteiger partial charge in [0.05, 0.1) is 5.56 Å². The first-order valence-electron chi connectivity index (χ1n) is 6.64. The van der Waals surface area contributed by atoms with Gasteiger partial charge in [0, 0.05) is 5.39 Å². The van der Waals surface area contributed by atoms with Gasteiger partial charge in [-0.2, -0.15) is 0 Å². The molecule has 3 rings (SSSR count). The monoisotopic (exact) mass is 278 g/mol. The Labute approximate surface area is 122 Å². The minimum absolute atomic E-state index is 0.0140. The molecule has 0 bridgehead atoms. The van der Waals surface area contributed by atoms with Crippen LogP contribution in [0.25, 0.3) is 17.0 Å². The number of furan rings is 1. The predicted octanol–water partition coefficient (Wildman–Crippen LogP) is 4.34. The van der Waals surface area contributed by atoms with Crippen LogP contribution in [-0.2, 0) is 0 Å². The van der Waals surface area contributed by atoms with Crippen LogP contribution in [-0.4, -0.2) is 10.9 Å². The molecule has 3 nitrogen and oxygen atoms in total. The lowest BCUT2D eigenvalue weighted by Crippen LogP contribution is -1.95. The summed E-state index contributed by atoms with van der Waals surface area (Å²) in [6.07, 6.45) is 3.02. The molecule has 0 saturated carbocycles. The number of rotatable bonds is 3. The van der Waals surface area contributed by atoms with Crippen LogP contribution >= 0.6 is 0 Å². The number of hydrogen-bond donors (Lipinski definition) is 1. The third kappa shape index (κ3) is 2.72. The summed E-state index contributed by atoms with van der Waals surface area (Å²) in [5, 5.41) is 10.7. The number of hydrogen-bond acceptors (Lipinski definition) is 3. The fourth-order valence-corrected chi connectivity index (χ4v) is 2.18. The van der Waals surface area contributed by atoms with Crippen molar-refractivity contribution in [3.8, 4) is 5.75 Å². The Balaban J connectivity index is 1.88. The number of aryl methyl sites for hydroxylation is 1. The molecule has 0 spiro atoms. The van der Waals surface area contributed by atoms with Crippen molar-refractivity contribution < 1.29 is 14.3 Å². The highest BCUT2D eigenvalue weighted by Crippen LogP contribution is 2.22. The van der Waals surface area contributed by atoms with Gasteiger partial charge >= 0.3 is 0 Å². The van der Waals surface area contributed by atoms with Crippen LogP contribution in [0.3, 0.4) is 0 Å². The van der Waals surface area contributed by atoms with Crippen molar-refractivity contribution in [2.75, 3.05) is 0 Å². The van der Waals surface area contributed by atoms with E-state index in [9.17, 15) is 9.90 Å². The van der Waals surface area contributed by atoms with Crippen LogP contribution in [0.1, 0.15) is 21.7 Å². The standard InChI is InChI=1S/C18H14O3/c1-12-6-8-16(19)15(10-12)17(20)9-7-14-11-13-4-2-3-5-18(13)21-14/h2-11,19H,1H3/b9-7+. The molecule has 21 heavy (non-hydrogen) atoms. The number of allylic oxidation sites excluding steroid dienone is 1. The van der Waals surface area contributed by atoms with Crippen molar-refractivity contribution in [1.29, 1.82) is 0 Å². The van der Waals surface area contributed by atoms with E-state index in [0.29, 0.717) is 11.3 Å². The molecule has 0 aliphatic rings. The van der Waals surface area contributed by atoms with Crippen molar-refractivity contribution >= 4 is 22.8 Å². The predicted molar refractivity (Wildman–Crippen MR) is 82.4 cm³/mol. The molecule has 0 radical (unpaired) electrons. The van der Waals surface area contributed by atoms with Crippen LogP contribution < -0.4 is 0 Å². The molecule has 0 aliphatic heterocycles. The molecule has 0 aliphatic carbocycles. The molecule has 104 valence electrons. The molecule has 3 aromatic rings. The summed E-state index contributed by atoms with van der Waals surface area (Å²) >= 11 is 0. The fourth-order valence-electron chi connectivity index (χ4n) is 2.18. The van der Waals surface area contributed by atoms with Gasteiger partial charge in [-0.25, -0.2) is 0 Å². The number of carbonyl (C=O) groups is 1. The Morgan fingerprint density at radius 3 is 2.76 bits per heavy atom. The van der Waals surface area contributed by atoms with Gasteiger partial charge in [-0.1, -0.05) is 29.8 Å². The van der Waals surface area contributed by atoms with Crippen molar-refractivity contribution in [3.63, 3.8) is 0 Å². The number of phenols is 1. The summed E-state index contributed by atoms with van der Waals surface area (Å²) in [6.45, 7) is 1.87. The molecule has 1 N–H and O–H groups in total. The maximum Gasteiger partial charge on any atom is 0.189 e. The third-order valence-corrected chi connectivity index (χ3v) is 3.26. The van der Waals surface area contributed by atoms with E-state index in [0.717, 1.165) is 16.5 Å². The number of benzene rings is 2. The summed E-state index contributed by atoms with van der Waals surface area (Å²) in [7, 11) is 0. The van der Waals surface area contributed by atoms with E-state index < -0.39 is 0 Å². The van der Waals surface area contributed by atoms with Gasteiger partial charge in [0.2, 0.25) is 0 Å². The number of phenolic OH excluding ortho intramolecular Hbond substituents is 1. The summed E-state index contributed by atoms with van der Waals surface area (Å²) in [5.41, 5.74) is 2.00. The van der Waals surface area contributed by atoms with Crippen molar-refractivity contribution in [3.05, 3.63) is 71.5 Å². The Morgan fingerprint density at radius 2 is 1.95 bits per heavy atom. The van der Waals surface area contributed by atoms with Crippen molar-refractivity contribution in [1.82, 2.24) is 0 Å². The molecular weight excluding hydrogens is 264 g/mol. The van der Waals surface area contributed by atoms with Gasteiger partial charge in [-0.05, 0) is 43.3 Å². The first-order valence-corrected chi connectivity index (χ1v) is 6.64. The minimum atomic E-state index is -0.253. The number of aromatic hydroxyl groups is 1. The van der Waals surface area contributed by atoms with Crippen LogP contribution in [0.4, 0.5) is 0 Å². The second-order valence-corrected chi connectivity index (χ2v) is 4.90. The molecule has 1 aromatic heterocycles. The van der Waals surface area contributed by atoms with E-state index in [1.807, 2.05) is 37.3 Å². The van der Waals surface area contributed by atoms with Gasteiger partial charge < -0.3 is 9.52 Å². The molecule has 2 aromatic carbocycles. The zero-order chi connectivity index (χ0) is 14.8. The Morgan fingerprint density at radius 1 is 1.14 bits per heavy atom. The highest BCUT2D eigenvalue weighted by Gasteiger charge is 2.08. The Bertz CT molecular complexity index is 808. The smallest absolute Gasteiger partial charge is 0.189 e. The highest BCUT2D eigenvalue weighted by atomic mass is 16.3. The van der Waals surface area contributed by atoms with Gasteiger partial charge in [0.15, 0.2) is 5.78 Å². The number of para-hydroxylation sites is 1. The van der Waals surface area contributed by atoms with Crippen LogP contribution in [0.2, 0.25) is 0 Å². The maximum atomic E-state index is 12.1. The zero-order valence-electron chi connectivity index (χ0n) is 11.5. The normalized spacial score (nSPS) is 11.3. The molecule has 3 heteroatoms.